The standard InChI is InChI=1S/C26H23N3O3S/c30-21(15-29-24(31)22-17-10-11-18(14-17)23(22)25(29)32)28(13-12-16-6-2-1-3-7-16)26-27-19-8-4-5-9-20(19)33-26/h1-11,17-18,22-23H,12-15H2. The smallest absolute Gasteiger partial charge is 0.248 e. The lowest BCUT2D eigenvalue weighted by atomic mass is 9.85. The molecule has 7 heteroatoms. The van der Waals surface area contributed by atoms with E-state index >= 15 is 0 Å². The average molecular weight is 458 g/mol. The molecule has 1 saturated carbocycles. The Bertz CT molecular complexity index is 1220. The molecule has 3 aromatic rings. The highest BCUT2D eigenvalue weighted by atomic mass is 32.1. The summed E-state index contributed by atoms with van der Waals surface area (Å²) in [5, 5.41) is 0.596. The van der Waals surface area contributed by atoms with Crippen molar-refractivity contribution in [1.82, 2.24) is 9.88 Å². The second kappa shape index (κ2) is 7.92. The summed E-state index contributed by atoms with van der Waals surface area (Å²) in [6, 6.07) is 17.7. The van der Waals surface area contributed by atoms with Gasteiger partial charge in [-0.1, -0.05) is 66.0 Å². The Morgan fingerprint density at radius 2 is 1.64 bits per heavy atom. The molecule has 6 rings (SSSR count). The van der Waals surface area contributed by atoms with Crippen molar-refractivity contribution in [2.45, 2.75) is 12.8 Å². The topological polar surface area (TPSA) is 70.6 Å². The Morgan fingerprint density at radius 3 is 2.33 bits per heavy atom. The molecular weight excluding hydrogens is 434 g/mol. The highest BCUT2D eigenvalue weighted by Gasteiger charge is 2.59. The fraction of sp³-hybridized carbons (Fsp3) is 0.308. The Labute approximate surface area is 195 Å². The Morgan fingerprint density at radius 1 is 0.970 bits per heavy atom. The summed E-state index contributed by atoms with van der Waals surface area (Å²) in [6.45, 7) is 0.202. The number of anilines is 1. The molecule has 1 saturated heterocycles. The van der Waals surface area contributed by atoms with Crippen LogP contribution in [0, 0.1) is 23.7 Å². The van der Waals surface area contributed by atoms with Crippen molar-refractivity contribution in [3.63, 3.8) is 0 Å². The highest BCUT2D eigenvalue weighted by molar-refractivity contribution is 7.22. The summed E-state index contributed by atoms with van der Waals surface area (Å²) in [5.74, 6) is -0.969. The lowest BCUT2D eigenvalue weighted by Crippen LogP contribution is -2.44. The van der Waals surface area contributed by atoms with Crippen LogP contribution in [0.5, 0.6) is 0 Å². The highest BCUT2D eigenvalue weighted by Crippen LogP contribution is 2.52. The minimum atomic E-state index is -0.291. The fourth-order valence-corrected chi connectivity index (χ4v) is 6.54. The molecule has 1 aromatic heterocycles. The van der Waals surface area contributed by atoms with Crippen molar-refractivity contribution in [3.05, 3.63) is 72.3 Å². The van der Waals surface area contributed by atoms with Crippen LogP contribution in [-0.4, -0.2) is 40.7 Å². The van der Waals surface area contributed by atoms with Crippen LogP contribution in [0.4, 0.5) is 5.13 Å². The SMILES string of the molecule is O=C1C2C3C=CC(C3)C2C(=O)N1CC(=O)N(CCc1ccccc1)c1nc2ccccc2s1. The number of hydrogen-bond donors (Lipinski definition) is 0. The van der Waals surface area contributed by atoms with Crippen molar-refractivity contribution in [2.75, 3.05) is 18.0 Å². The molecule has 6 nitrogen and oxygen atoms in total. The van der Waals surface area contributed by atoms with Crippen molar-refractivity contribution >= 4 is 44.4 Å². The maximum absolute atomic E-state index is 13.5. The molecule has 4 unspecified atom stereocenters. The van der Waals surface area contributed by atoms with Gasteiger partial charge >= 0.3 is 0 Å². The first-order valence-corrected chi connectivity index (χ1v) is 12.2. The number of aromatic nitrogens is 1. The van der Waals surface area contributed by atoms with Gasteiger partial charge < -0.3 is 0 Å². The Balaban J connectivity index is 1.26. The van der Waals surface area contributed by atoms with Gasteiger partial charge in [-0.15, -0.1) is 0 Å². The molecule has 1 aliphatic heterocycles. The number of thiazole rings is 1. The normalized spacial score (nSPS) is 25.3. The number of likely N-dealkylation sites (tertiary alicyclic amines) is 1. The molecule has 3 aliphatic rings. The van der Waals surface area contributed by atoms with E-state index in [2.05, 4.69) is 17.1 Å². The summed E-state index contributed by atoms with van der Waals surface area (Å²) in [5.41, 5.74) is 1.95. The molecular formula is C26H23N3O3S. The average Bonchev–Trinajstić information content (AvgIpc) is 3.60. The fourth-order valence-electron chi connectivity index (χ4n) is 5.53. The molecule has 4 atom stereocenters. The van der Waals surface area contributed by atoms with Gasteiger partial charge in [0.25, 0.3) is 0 Å². The van der Waals surface area contributed by atoms with E-state index in [1.807, 2.05) is 54.6 Å². The third kappa shape index (κ3) is 3.38. The van der Waals surface area contributed by atoms with Crippen LogP contribution in [0.3, 0.4) is 0 Å². The van der Waals surface area contributed by atoms with Gasteiger partial charge in [-0.25, -0.2) is 4.98 Å². The van der Waals surface area contributed by atoms with Gasteiger partial charge in [0.2, 0.25) is 17.7 Å². The summed E-state index contributed by atoms with van der Waals surface area (Å²) >= 11 is 1.45. The maximum Gasteiger partial charge on any atom is 0.248 e. The number of amides is 3. The van der Waals surface area contributed by atoms with E-state index in [1.54, 1.807) is 4.90 Å². The van der Waals surface area contributed by atoms with E-state index in [4.69, 9.17) is 0 Å². The summed E-state index contributed by atoms with van der Waals surface area (Å²) < 4.78 is 0.996. The van der Waals surface area contributed by atoms with Crippen molar-refractivity contribution in [2.24, 2.45) is 23.7 Å². The Kier molecular flexibility index (Phi) is 4.87. The van der Waals surface area contributed by atoms with E-state index in [0.717, 1.165) is 22.2 Å². The number of benzene rings is 2. The molecule has 2 bridgehead atoms. The number of fused-ring (bicyclic) bond motifs is 6. The summed E-state index contributed by atoms with van der Waals surface area (Å²) in [4.78, 5) is 47.2. The number of allylic oxidation sites excluding steroid dienone is 2. The van der Waals surface area contributed by atoms with Crippen LogP contribution >= 0.6 is 11.3 Å². The van der Waals surface area contributed by atoms with Crippen LogP contribution < -0.4 is 4.90 Å². The van der Waals surface area contributed by atoms with Gasteiger partial charge in [0.05, 0.1) is 22.1 Å². The van der Waals surface area contributed by atoms with Gasteiger partial charge in [0.1, 0.15) is 6.54 Å². The Hall–Kier alpha value is -3.32. The maximum atomic E-state index is 13.5. The summed E-state index contributed by atoms with van der Waals surface area (Å²) in [6.07, 6.45) is 5.67. The van der Waals surface area contributed by atoms with E-state index in [9.17, 15) is 14.4 Å². The first-order valence-electron chi connectivity index (χ1n) is 11.3. The number of carbonyl (C=O) groups excluding carboxylic acids is 3. The predicted molar refractivity (Wildman–Crippen MR) is 127 cm³/mol. The predicted octanol–water partition coefficient (Wildman–Crippen LogP) is 3.68. The first-order chi connectivity index (χ1) is 16.1. The number of para-hydroxylation sites is 1. The van der Waals surface area contributed by atoms with Crippen molar-refractivity contribution < 1.29 is 14.4 Å². The molecule has 33 heavy (non-hydrogen) atoms. The van der Waals surface area contributed by atoms with Crippen molar-refractivity contribution in [3.8, 4) is 0 Å². The van der Waals surface area contributed by atoms with E-state index < -0.39 is 0 Å². The molecule has 2 fully saturated rings. The molecule has 3 amide bonds. The lowest BCUT2D eigenvalue weighted by molar-refractivity contribution is -0.143. The van der Waals surface area contributed by atoms with E-state index in [-0.39, 0.29) is 47.9 Å². The number of rotatable bonds is 6. The largest absolute Gasteiger partial charge is 0.286 e. The molecule has 2 heterocycles. The number of nitrogens with zero attached hydrogens (tertiary/aromatic N) is 3. The van der Waals surface area contributed by atoms with Gasteiger partial charge in [-0.3, -0.25) is 24.2 Å². The van der Waals surface area contributed by atoms with Crippen LogP contribution in [-0.2, 0) is 20.8 Å². The van der Waals surface area contributed by atoms with Crippen molar-refractivity contribution in [1.29, 1.82) is 0 Å². The third-order valence-corrected chi connectivity index (χ3v) is 8.20. The zero-order valence-electron chi connectivity index (χ0n) is 18.0. The molecule has 2 aromatic carbocycles. The van der Waals surface area contributed by atoms with Crippen LogP contribution in [0.15, 0.2) is 66.7 Å². The second-order valence-electron chi connectivity index (χ2n) is 9.01. The molecule has 0 N–H and O–H groups in total. The quantitative estimate of drug-likeness (QED) is 0.418. The van der Waals surface area contributed by atoms with Gasteiger partial charge in [0, 0.05) is 6.54 Å². The monoisotopic (exact) mass is 457 g/mol. The van der Waals surface area contributed by atoms with Crippen LogP contribution in [0.25, 0.3) is 10.2 Å². The zero-order valence-corrected chi connectivity index (χ0v) is 18.8. The number of carbonyl (C=O) groups is 3. The third-order valence-electron chi connectivity index (χ3n) is 7.14. The van der Waals surface area contributed by atoms with Crippen LogP contribution in [0.2, 0.25) is 0 Å². The second-order valence-corrected chi connectivity index (χ2v) is 10.0. The molecule has 0 spiro atoms. The number of imide groups is 1. The first kappa shape index (κ1) is 20.3. The molecule has 2 aliphatic carbocycles. The molecule has 166 valence electrons. The minimum absolute atomic E-state index is 0.134. The summed E-state index contributed by atoms with van der Waals surface area (Å²) in [7, 11) is 0. The minimum Gasteiger partial charge on any atom is -0.286 e. The van der Waals surface area contributed by atoms with E-state index in [0.29, 0.717) is 18.1 Å². The lowest BCUT2D eigenvalue weighted by Gasteiger charge is -2.23. The van der Waals surface area contributed by atoms with Crippen LogP contribution in [0.1, 0.15) is 12.0 Å². The van der Waals surface area contributed by atoms with Gasteiger partial charge in [-0.2, -0.15) is 0 Å². The molecule has 0 radical (unpaired) electrons. The van der Waals surface area contributed by atoms with E-state index in [1.165, 1.54) is 16.2 Å². The van der Waals surface area contributed by atoms with Gasteiger partial charge in [0.15, 0.2) is 5.13 Å². The number of hydrogen-bond acceptors (Lipinski definition) is 5. The zero-order chi connectivity index (χ0) is 22.5. The van der Waals surface area contributed by atoms with Gasteiger partial charge in [-0.05, 0) is 42.4 Å².